The van der Waals surface area contributed by atoms with E-state index in [4.69, 9.17) is 10.00 Å². The third kappa shape index (κ3) is 2.75. The van der Waals surface area contributed by atoms with Crippen LogP contribution in [0, 0.1) is 11.3 Å². The van der Waals surface area contributed by atoms with Gasteiger partial charge in [0.15, 0.2) is 5.69 Å². The normalized spacial score (nSPS) is 16.8. The topological polar surface area (TPSA) is 49.1 Å². The molecule has 0 spiro atoms. The Bertz CT molecular complexity index is 405. The zero-order valence-corrected chi connectivity index (χ0v) is 10.1. The van der Waals surface area contributed by atoms with Gasteiger partial charge in [-0.1, -0.05) is 0 Å². The van der Waals surface area contributed by atoms with E-state index >= 15 is 0 Å². The maximum Gasteiger partial charge on any atom is 0.163 e. The van der Waals surface area contributed by atoms with Gasteiger partial charge in [0, 0.05) is 25.9 Å². The molecule has 0 bridgehead atoms. The maximum absolute atomic E-state index is 9.02. The molecule has 0 amide bonds. The van der Waals surface area contributed by atoms with Crippen molar-refractivity contribution in [2.45, 2.75) is 25.9 Å². The molecule has 0 atom stereocenters. The lowest BCUT2D eigenvalue weighted by atomic mass is 10.1. The van der Waals surface area contributed by atoms with Crippen LogP contribution in [0.15, 0.2) is 18.3 Å². The molecular formula is C13H17N3O. The highest BCUT2D eigenvalue weighted by molar-refractivity contribution is 5.55. The minimum Gasteiger partial charge on any atom is -0.378 e. The fourth-order valence-corrected chi connectivity index (χ4v) is 2.24. The summed E-state index contributed by atoms with van der Waals surface area (Å²) < 4.78 is 5.62. The standard InChI is InChI=1S/C13H17N3O/c1-2-17-11-5-8-16(9-6-11)13-4-3-7-15-12(13)10-14/h3-4,7,11H,2,5-6,8-9H2,1H3. The Morgan fingerprint density at radius 1 is 1.53 bits per heavy atom. The average molecular weight is 231 g/mol. The average Bonchev–Trinajstić information content (AvgIpc) is 2.40. The number of nitrogens with zero attached hydrogens (tertiary/aromatic N) is 3. The van der Waals surface area contributed by atoms with Crippen molar-refractivity contribution in [3.63, 3.8) is 0 Å². The van der Waals surface area contributed by atoms with Gasteiger partial charge in [-0.15, -0.1) is 0 Å². The zero-order chi connectivity index (χ0) is 12.1. The van der Waals surface area contributed by atoms with Crippen molar-refractivity contribution in [2.24, 2.45) is 0 Å². The highest BCUT2D eigenvalue weighted by Gasteiger charge is 2.21. The van der Waals surface area contributed by atoms with Gasteiger partial charge < -0.3 is 9.64 Å². The Balaban J connectivity index is 2.03. The van der Waals surface area contributed by atoms with Crippen LogP contribution in [-0.4, -0.2) is 30.8 Å². The summed E-state index contributed by atoms with van der Waals surface area (Å²) in [6, 6.07) is 5.99. The largest absolute Gasteiger partial charge is 0.378 e. The minimum absolute atomic E-state index is 0.374. The van der Waals surface area contributed by atoms with E-state index in [0.29, 0.717) is 11.8 Å². The molecule has 1 aliphatic heterocycles. The van der Waals surface area contributed by atoms with Crippen LogP contribution in [0.5, 0.6) is 0 Å². The fraction of sp³-hybridized carbons (Fsp3) is 0.538. The number of hydrogen-bond donors (Lipinski definition) is 0. The van der Waals surface area contributed by atoms with E-state index in [1.54, 1.807) is 6.20 Å². The summed E-state index contributed by atoms with van der Waals surface area (Å²) in [5.41, 5.74) is 1.47. The number of hydrogen-bond acceptors (Lipinski definition) is 4. The molecule has 1 fully saturated rings. The number of aromatic nitrogens is 1. The van der Waals surface area contributed by atoms with Crippen molar-refractivity contribution in [1.82, 2.24) is 4.98 Å². The van der Waals surface area contributed by atoms with Gasteiger partial charge >= 0.3 is 0 Å². The smallest absolute Gasteiger partial charge is 0.163 e. The lowest BCUT2D eigenvalue weighted by Gasteiger charge is -2.33. The molecule has 0 aliphatic carbocycles. The van der Waals surface area contributed by atoms with Crippen molar-refractivity contribution in [3.05, 3.63) is 24.0 Å². The molecule has 1 aromatic heterocycles. The van der Waals surface area contributed by atoms with Crippen molar-refractivity contribution < 1.29 is 4.74 Å². The number of pyridine rings is 1. The quantitative estimate of drug-likeness (QED) is 0.798. The van der Waals surface area contributed by atoms with Gasteiger partial charge in [0.25, 0.3) is 0 Å². The first-order valence-corrected chi connectivity index (χ1v) is 6.06. The molecule has 1 aliphatic rings. The Morgan fingerprint density at radius 3 is 2.94 bits per heavy atom. The molecule has 90 valence electrons. The molecule has 1 saturated heterocycles. The molecule has 17 heavy (non-hydrogen) atoms. The molecule has 0 N–H and O–H groups in total. The van der Waals surface area contributed by atoms with Gasteiger partial charge in [-0.05, 0) is 31.9 Å². The highest BCUT2D eigenvalue weighted by Crippen LogP contribution is 2.23. The van der Waals surface area contributed by atoms with E-state index in [1.165, 1.54) is 0 Å². The molecule has 0 unspecified atom stereocenters. The molecule has 2 rings (SSSR count). The zero-order valence-electron chi connectivity index (χ0n) is 10.1. The third-order valence-corrected chi connectivity index (χ3v) is 3.08. The first kappa shape index (κ1) is 11.9. The maximum atomic E-state index is 9.02. The summed E-state index contributed by atoms with van der Waals surface area (Å²) in [6.45, 7) is 4.68. The number of ether oxygens (including phenoxy) is 1. The van der Waals surface area contributed by atoms with Gasteiger partial charge in [-0.3, -0.25) is 0 Å². The third-order valence-electron chi connectivity index (χ3n) is 3.08. The van der Waals surface area contributed by atoms with Crippen LogP contribution in [0.25, 0.3) is 0 Å². The van der Waals surface area contributed by atoms with Gasteiger partial charge in [0.1, 0.15) is 6.07 Å². The van der Waals surface area contributed by atoms with Crippen molar-refractivity contribution in [3.8, 4) is 6.07 Å². The summed E-state index contributed by atoms with van der Waals surface area (Å²) in [6.07, 6.45) is 4.08. The fourth-order valence-electron chi connectivity index (χ4n) is 2.24. The Labute approximate surface area is 102 Å². The number of piperidine rings is 1. The molecule has 4 heteroatoms. The van der Waals surface area contributed by atoms with Crippen LogP contribution in [0.3, 0.4) is 0 Å². The Kier molecular flexibility index (Phi) is 3.94. The predicted octanol–water partition coefficient (Wildman–Crippen LogP) is 1.96. The summed E-state index contributed by atoms with van der Waals surface area (Å²) in [5, 5.41) is 9.02. The molecule has 0 aromatic carbocycles. The number of nitriles is 1. The van der Waals surface area contributed by atoms with Crippen LogP contribution in [0.2, 0.25) is 0 Å². The highest BCUT2D eigenvalue weighted by atomic mass is 16.5. The predicted molar refractivity (Wildman–Crippen MR) is 65.8 cm³/mol. The first-order valence-electron chi connectivity index (χ1n) is 6.06. The second-order valence-electron chi connectivity index (χ2n) is 4.12. The first-order chi connectivity index (χ1) is 8.35. The lowest BCUT2D eigenvalue weighted by molar-refractivity contribution is 0.0459. The van der Waals surface area contributed by atoms with Gasteiger partial charge in [0.05, 0.1) is 11.8 Å². The van der Waals surface area contributed by atoms with E-state index in [0.717, 1.165) is 38.2 Å². The molecule has 2 heterocycles. The van der Waals surface area contributed by atoms with Crippen LogP contribution in [0.1, 0.15) is 25.5 Å². The second kappa shape index (κ2) is 5.65. The minimum atomic E-state index is 0.374. The van der Waals surface area contributed by atoms with Crippen LogP contribution in [0.4, 0.5) is 5.69 Å². The second-order valence-corrected chi connectivity index (χ2v) is 4.12. The van der Waals surface area contributed by atoms with Crippen LogP contribution >= 0.6 is 0 Å². The number of rotatable bonds is 3. The Morgan fingerprint density at radius 2 is 2.29 bits per heavy atom. The van der Waals surface area contributed by atoms with E-state index < -0.39 is 0 Å². The van der Waals surface area contributed by atoms with Crippen molar-refractivity contribution in [1.29, 1.82) is 5.26 Å². The van der Waals surface area contributed by atoms with E-state index in [-0.39, 0.29) is 0 Å². The molecule has 0 radical (unpaired) electrons. The van der Waals surface area contributed by atoms with Gasteiger partial charge in [-0.25, -0.2) is 4.98 Å². The SMILES string of the molecule is CCOC1CCN(c2cccnc2C#N)CC1. The van der Waals surface area contributed by atoms with Gasteiger partial charge in [-0.2, -0.15) is 5.26 Å². The van der Waals surface area contributed by atoms with Crippen LogP contribution in [-0.2, 0) is 4.74 Å². The van der Waals surface area contributed by atoms with E-state index in [2.05, 4.69) is 16.0 Å². The lowest BCUT2D eigenvalue weighted by Crippen LogP contribution is -2.37. The van der Waals surface area contributed by atoms with E-state index in [9.17, 15) is 0 Å². The molecule has 0 saturated carbocycles. The summed E-state index contributed by atoms with van der Waals surface area (Å²) in [4.78, 5) is 6.32. The summed E-state index contributed by atoms with van der Waals surface area (Å²) >= 11 is 0. The van der Waals surface area contributed by atoms with E-state index in [1.807, 2.05) is 19.1 Å². The summed E-state index contributed by atoms with van der Waals surface area (Å²) in [5.74, 6) is 0. The van der Waals surface area contributed by atoms with Crippen LogP contribution < -0.4 is 4.90 Å². The number of anilines is 1. The van der Waals surface area contributed by atoms with Gasteiger partial charge in [0.2, 0.25) is 0 Å². The molecule has 1 aromatic rings. The van der Waals surface area contributed by atoms with Crippen molar-refractivity contribution in [2.75, 3.05) is 24.6 Å². The summed E-state index contributed by atoms with van der Waals surface area (Å²) in [7, 11) is 0. The monoisotopic (exact) mass is 231 g/mol. The molecule has 4 nitrogen and oxygen atoms in total. The van der Waals surface area contributed by atoms with Crippen molar-refractivity contribution >= 4 is 5.69 Å². The molecular weight excluding hydrogens is 214 g/mol. The Hall–Kier alpha value is -1.60.